The molecule has 0 spiro atoms. The van der Waals surface area contributed by atoms with E-state index in [0.717, 1.165) is 5.56 Å². The molecule has 1 unspecified atom stereocenters. The van der Waals surface area contributed by atoms with E-state index in [4.69, 9.17) is 9.15 Å². The van der Waals surface area contributed by atoms with Crippen LogP contribution in [-0.4, -0.2) is 30.8 Å². The molecule has 0 aliphatic heterocycles. The number of rotatable bonds is 7. The Morgan fingerprint density at radius 3 is 2.52 bits per heavy atom. The molecule has 0 fully saturated rings. The van der Waals surface area contributed by atoms with Crippen molar-refractivity contribution in [2.75, 3.05) is 19.0 Å². The number of anilines is 1. The third-order valence-electron chi connectivity index (χ3n) is 3.40. The monoisotopic (exact) mass is 374 g/mol. The zero-order valence-corrected chi connectivity index (χ0v) is 16.2. The lowest BCUT2D eigenvalue weighted by molar-refractivity contribution is -0.145. The predicted molar refractivity (Wildman–Crippen MR) is 104 cm³/mol. The summed E-state index contributed by atoms with van der Waals surface area (Å²) in [6, 6.07) is 6.95. The van der Waals surface area contributed by atoms with E-state index in [9.17, 15) is 9.59 Å². The average Bonchev–Trinajstić information content (AvgIpc) is 3.18. The molecule has 1 amide bonds. The van der Waals surface area contributed by atoms with Crippen molar-refractivity contribution in [1.82, 2.24) is 4.98 Å². The number of methoxy groups -OCH3 is 1. The molecule has 1 aromatic carbocycles. The Hall–Kier alpha value is -3.09. The van der Waals surface area contributed by atoms with Crippen LogP contribution in [0.15, 0.2) is 47.5 Å². The standard InChI is InChI=1S/C18H20N2O5.C2H6/c1-4-6-14(17(21)24-5-2)16-19-11-15(25-16)12-7-9-13(10-8-12)20-18(22)23-3;1-2/h4,7-11,14H,1,5-6H2,2-3H3,(H,20,22);1-2H3. The summed E-state index contributed by atoms with van der Waals surface area (Å²) in [6.07, 6.45) is 3.00. The number of esters is 1. The smallest absolute Gasteiger partial charge is 0.411 e. The van der Waals surface area contributed by atoms with Crippen LogP contribution in [0.1, 0.15) is 39.0 Å². The summed E-state index contributed by atoms with van der Waals surface area (Å²) in [5.41, 5.74) is 1.35. The van der Waals surface area contributed by atoms with Crippen LogP contribution in [0.2, 0.25) is 0 Å². The summed E-state index contributed by atoms with van der Waals surface area (Å²) in [4.78, 5) is 27.4. The Bertz CT molecular complexity index is 737. The van der Waals surface area contributed by atoms with E-state index in [0.29, 0.717) is 17.9 Å². The van der Waals surface area contributed by atoms with Gasteiger partial charge in [-0.05, 0) is 37.6 Å². The number of hydrogen-bond acceptors (Lipinski definition) is 6. The number of carbonyl (C=O) groups excluding carboxylic acids is 2. The third kappa shape index (κ3) is 6.29. The van der Waals surface area contributed by atoms with Crippen LogP contribution in [-0.2, 0) is 14.3 Å². The second-order valence-corrected chi connectivity index (χ2v) is 5.09. The number of carbonyl (C=O) groups is 2. The largest absolute Gasteiger partial charge is 0.465 e. The summed E-state index contributed by atoms with van der Waals surface area (Å²) in [7, 11) is 1.29. The summed E-state index contributed by atoms with van der Waals surface area (Å²) in [6.45, 7) is 9.68. The minimum Gasteiger partial charge on any atom is -0.465 e. The first kappa shape index (κ1) is 22.0. The van der Waals surface area contributed by atoms with Crippen molar-refractivity contribution in [1.29, 1.82) is 0 Å². The van der Waals surface area contributed by atoms with Gasteiger partial charge in [-0.15, -0.1) is 6.58 Å². The van der Waals surface area contributed by atoms with Crippen LogP contribution < -0.4 is 5.32 Å². The zero-order valence-electron chi connectivity index (χ0n) is 16.2. The van der Waals surface area contributed by atoms with Gasteiger partial charge in [-0.3, -0.25) is 10.1 Å². The second-order valence-electron chi connectivity index (χ2n) is 5.09. The average molecular weight is 374 g/mol. The number of aromatic nitrogens is 1. The number of oxazole rings is 1. The molecule has 0 bridgehead atoms. The lowest BCUT2D eigenvalue weighted by Crippen LogP contribution is -2.15. The Morgan fingerprint density at radius 1 is 1.30 bits per heavy atom. The number of ether oxygens (including phenoxy) is 2. The van der Waals surface area contributed by atoms with Gasteiger partial charge < -0.3 is 13.9 Å². The maximum atomic E-state index is 12.0. The molecule has 0 aliphatic carbocycles. The summed E-state index contributed by atoms with van der Waals surface area (Å²) >= 11 is 0. The summed E-state index contributed by atoms with van der Waals surface area (Å²) in [5, 5.41) is 2.56. The number of allylic oxidation sites excluding steroid dienone is 1. The molecular weight excluding hydrogens is 348 g/mol. The van der Waals surface area contributed by atoms with Crippen molar-refractivity contribution in [2.24, 2.45) is 0 Å². The van der Waals surface area contributed by atoms with E-state index in [2.05, 4.69) is 21.6 Å². The SMILES string of the molecule is C=CCC(C(=O)OCC)c1ncc(-c2ccc(NC(=O)OC)cc2)o1.CC. The third-order valence-corrected chi connectivity index (χ3v) is 3.40. The van der Waals surface area contributed by atoms with Crippen LogP contribution in [0.4, 0.5) is 10.5 Å². The zero-order chi connectivity index (χ0) is 20.2. The first-order valence-electron chi connectivity index (χ1n) is 8.77. The highest BCUT2D eigenvalue weighted by molar-refractivity contribution is 5.84. The minimum absolute atomic E-state index is 0.283. The maximum Gasteiger partial charge on any atom is 0.411 e. The van der Waals surface area contributed by atoms with Crippen LogP contribution in [0.5, 0.6) is 0 Å². The molecule has 146 valence electrons. The van der Waals surface area contributed by atoms with Crippen LogP contribution in [0.3, 0.4) is 0 Å². The van der Waals surface area contributed by atoms with Crippen molar-refractivity contribution >= 4 is 17.7 Å². The Labute approximate surface area is 159 Å². The minimum atomic E-state index is -0.619. The second kappa shape index (κ2) is 11.5. The van der Waals surface area contributed by atoms with Crippen LogP contribution >= 0.6 is 0 Å². The van der Waals surface area contributed by atoms with Gasteiger partial charge >= 0.3 is 12.1 Å². The highest BCUT2D eigenvalue weighted by atomic mass is 16.5. The molecule has 2 rings (SSSR count). The van der Waals surface area contributed by atoms with Crippen LogP contribution in [0.25, 0.3) is 11.3 Å². The molecule has 0 saturated carbocycles. The molecule has 0 radical (unpaired) electrons. The van der Waals surface area contributed by atoms with Gasteiger partial charge in [-0.2, -0.15) is 0 Å². The maximum absolute atomic E-state index is 12.0. The quantitative estimate of drug-likeness (QED) is 0.554. The predicted octanol–water partition coefficient (Wildman–Crippen LogP) is 4.77. The van der Waals surface area contributed by atoms with Gasteiger partial charge in [0.15, 0.2) is 5.76 Å². The number of amides is 1. The summed E-state index contributed by atoms with van der Waals surface area (Å²) in [5.74, 6) is -0.219. The fourth-order valence-electron chi connectivity index (χ4n) is 2.18. The molecule has 0 aliphatic rings. The Morgan fingerprint density at radius 2 is 1.96 bits per heavy atom. The number of nitrogens with zero attached hydrogens (tertiary/aromatic N) is 1. The van der Waals surface area contributed by atoms with Crippen molar-refractivity contribution in [3.05, 3.63) is 49.0 Å². The number of benzene rings is 1. The fourth-order valence-corrected chi connectivity index (χ4v) is 2.18. The van der Waals surface area contributed by atoms with Gasteiger partial charge in [-0.25, -0.2) is 9.78 Å². The topological polar surface area (TPSA) is 90.7 Å². The van der Waals surface area contributed by atoms with E-state index in [-0.39, 0.29) is 12.5 Å². The van der Waals surface area contributed by atoms with Gasteiger partial charge in [0.05, 0.1) is 19.9 Å². The van der Waals surface area contributed by atoms with Gasteiger partial charge in [0.25, 0.3) is 0 Å². The van der Waals surface area contributed by atoms with Gasteiger partial charge in [-0.1, -0.05) is 19.9 Å². The number of nitrogens with one attached hydrogen (secondary N) is 1. The van der Waals surface area contributed by atoms with E-state index >= 15 is 0 Å². The van der Waals surface area contributed by atoms with Crippen molar-refractivity contribution < 1.29 is 23.5 Å². The molecule has 27 heavy (non-hydrogen) atoms. The molecule has 7 heteroatoms. The first-order valence-corrected chi connectivity index (χ1v) is 8.77. The van der Waals surface area contributed by atoms with Gasteiger partial charge in [0, 0.05) is 11.3 Å². The highest BCUT2D eigenvalue weighted by Gasteiger charge is 2.26. The number of hydrogen-bond donors (Lipinski definition) is 1. The van der Waals surface area contributed by atoms with Crippen LogP contribution in [0, 0.1) is 0 Å². The van der Waals surface area contributed by atoms with Gasteiger partial charge in [0.1, 0.15) is 5.92 Å². The molecule has 2 aromatic rings. The molecule has 1 aromatic heterocycles. The first-order chi connectivity index (χ1) is 13.1. The van der Waals surface area contributed by atoms with E-state index in [1.54, 1.807) is 43.5 Å². The summed E-state index contributed by atoms with van der Waals surface area (Å²) < 4.78 is 15.3. The normalized spacial score (nSPS) is 10.8. The lowest BCUT2D eigenvalue weighted by atomic mass is 10.1. The van der Waals surface area contributed by atoms with Gasteiger partial charge in [0.2, 0.25) is 5.89 Å². The van der Waals surface area contributed by atoms with Crippen molar-refractivity contribution in [2.45, 2.75) is 33.1 Å². The van der Waals surface area contributed by atoms with Crippen molar-refractivity contribution in [3.63, 3.8) is 0 Å². The van der Waals surface area contributed by atoms with E-state index < -0.39 is 18.0 Å². The highest BCUT2D eigenvalue weighted by Crippen LogP contribution is 2.27. The Balaban J connectivity index is 0.00000176. The molecule has 1 atom stereocenters. The molecule has 1 N–H and O–H groups in total. The molecular formula is C20H26N2O5. The van der Waals surface area contributed by atoms with E-state index in [1.165, 1.54) is 7.11 Å². The Kier molecular flexibility index (Phi) is 9.36. The van der Waals surface area contributed by atoms with E-state index in [1.807, 2.05) is 13.8 Å². The lowest BCUT2D eigenvalue weighted by Gasteiger charge is -2.09. The fraction of sp³-hybridized carbons (Fsp3) is 0.350. The molecule has 1 heterocycles. The molecule has 7 nitrogen and oxygen atoms in total. The van der Waals surface area contributed by atoms with Crippen molar-refractivity contribution in [3.8, 4) is 11.3 Å². The molecule has 0 saturated heterocycles.